The van der Waals surface area contributed by atoms with Gasteiger partial charge in [-0.3, -0.25) is 4.79 Å². The Kier molecular flexibility index (Phi) is 3.64. The Balaban J connectivity index is 1.75. The molecule has 0 aliphatic heterocycles. The third kappa shape index (κ3) is 2.85. The second-order valence-electron chi connectivity index (χ2n) is 4.60. The van der Waals surface area contributed by atoms with Gasteiger partial charge in [-0.1, -0.05) is 13.3 Å². The first-order chi connectivity index (χ1) is 7.70. The predicted molar refractivity (Wildman–Crippen MR) is 65.9 cm³/mol. The quantitative estimate of drug-likeness (QED) is 0.825. The van der Waals surface area contributed by atoms with Crippen molar-refractivity contribution in [2.45, 2.75) is 39.0 Å². The van der Waals surface area contributed by atoms with Gasteiger partial charge in [-0.25, -0.2) is 0 Å². The lowest BCUT2D eigenvalue weighted by Crippen LogP contribution is -1.99. The number of hydrogen-bond donors (Lipinski definition) is 1. The van der Waals surface area contributed by atoms with E-state index in [2.05, 4.69) is 19.1 Å². The molecule has 1 heterocycles. The van der Waals surface area contributed by atoms with Gasteiger partial charge in [0, 0.05) is 9.75 Å². The fraction of sp³-hybridized carbons (Fsp3) is 0.615. The molecule has 1 fully saturated rings. The summed E-state index contributed by atoms with van der Waals surface area (Å²) in [6.45, 7) is 2.20. The Morgan fingerprint density at radius 2 is 2.12 bits per heavy atom. The zero-order valence-electron chi connectivity index (χ0n) is 9.61. The normalized spacial score (nSPS) is 23.3. The third-order valence-corrected chi connectivity index (χ3v) is 4.42. The molecule has 0 bridgehead atoms. The van der Waals surface area contributed by atoms with E-state index in [0.29, 0.717) is 5.92 Å². The zero-order valence-corrected chi connectivity index (χ0v) is 10.4. The molecule has 0 saturated heterocycles. The zero-order chi connectivity index (χ0) is 11.5. The fourth-order valence-corrected chi connectivity index (χ4v) is 3.27. The topological polar surface area (TPSA) is 37.3 Å². The summed E-state index contributed by atoms with van der Waals surface area (Å²) in [6.07, 6.45) is 5.36. The predicted octanol–water partition coefficient (Wildman–Crippen LogP) is 3.35. The number of rotatable bonds is 6. The molecule has 1 N–H and O–H groups in total. The molecule has 1 aromatic rings. The maximum Gasteiger partial charge on any atom is 0.306 e. The first-order valence-corrected chi connectivity index (χ1v) is 6.82. The minimum atomic E-state index is -0.608. The molecule has 0 spiro atoms. The van der Waals surface area contributed by atoms with E-state index in [-0.39, 0.29) is 5.92 Å². The van der Waals surface area contributed by atoms with Gasteiger partial charge in [0.15, 0.2) is 0 Å². The highest BCUT2D eigenvalue weighted by atomic mass is 32.1. The summed E-state index contributed by atoms with van der Waals surface area (Å²) < 4.78 is 0. The molecular formula is C13H18O2S. The van der Waals surface area contributed by atoms with E-state index < -0.39 is 5.97 Å². The molecule has 2 atom stereocenters. The van der Waals surface area contributed by atoms with Gasteiger partial charge in [-0.05, 0) is 43.7 Å². The molecule has 3 heteroatoms. The van der Waals surface area contributed by atoms with Crippen LogP contribution in [-0.4, -0.2) is 11.1 Å². The molecule has 2 nitrogen and oxygen atoms in total. The average Bonchev–Trinajstić information content (AvgIpc) is 2.90. The van der Waals surface area contributed by atoms with Gasteiger partial charge in [-0.15, -0.1) is 11.3 Å². The minimum Gasteiger partial charge on any atom is -0.481 e. The molecule has 0 radical (unpaired) electrons. The van der Waals surface area contributed by atoms with Crippen LogP contribution < -0.4 is 0 Å². The highest BCUT2D eigenvalue weighted by Crippen LogP contribution is 2.42. The molecule has 1 aliphatic carbocycles. The molecule has 1 saturated carbocycles. The van der Waals surface area contributed by atoms with Crippen molar-refractivity contribution >= 4 is 17.3 Å². The summed E-state index contributed by atoms with van der Waals surface area (Å²) in [7, 11) is 0. The van der Waals surface area contributed by atoms with Crippen LogP contribution in [0.2, 0.25) is 0 Å². The van der Waals surface area contributed by atoms with E-state index in [1.165, 1.54) is 22.6 Å². The molecular weight excluding hydrogens is 220 g/mol. The molecule has 16 heavy (non-hydrogen) atoms. The van der Waals surface area contributed by atoms with E-state index in [9.17, 15) is 4.79 Å². The second-order valence-corrected chi connectivity index (χ2v) is 5.85. The van der Waals surface area contributed by atoms with E-state index in [0.717, 1.165) is 19.3 Å². The highest BCUT2D eigenvalue weighted by molar-refractivity contribution is 7.11. The number of thiophene rings is 1. The van der Waals surface area contributed by atoms with Crippen molar-refractivity contribution in [1.29, 1.82) is 0 Å². The number of aryl methyl sites for hydroxylation is 2. The number of carboxylic acid groups (broad SMARTS) is 1. The number of carboxylic acids is 1. The van der Waals surface area contributed by atoms with Gasteiger partial charge in [0.2, 0.25) is 0 Å². The molecule has 0 aromatic carbocycles. The molecule has 1 aromatic heterocycles. The second kappa shape index (κ2) is 5.00. The van der Waals surface area contributed by atoms with Crippen LogP contribution in [0.4, 0.5) is 0 Å². The Bertz CT molecular complexity index is 370. The lowest BCUT2D eigenvalue weighted by molar-refractivity contribution is -0.138. The van der Waals surface area contributed by atoms with Crippen molar-refractivity contribution in [3.63, 3.8) is 0 Å². The SMILES string of the molecule is CCCc1ccc(CCC2CC2C(=O)O)s1. The van der Waals surface area contributed by atoms with Crippen LogP contribution in [0.1, 0.15) is 35.9 Å². The van der Waals surface area contributed by atoms with Gasteiger partial charge < -0.3 is 5.11 Å². The first-order valence-electron chi connectivity index (χ1n) is 6.01. The van der Waals surface area contributed by atoms with Gasteiger partial charge in [-0.2, -0.15) is 0 Å². The van der Waals surface area contributed by atoms with Crippen molar-refractivity contribution in [1.82, 2.24) is 0 Å². The van der Waals surface area contributed by atoms with Crippen molar-refractivity contribution < 1.29 is 9.90 Å². The fourth-order valence-electron chi connectivity index (χ4n) is 2.13. The smallest absolute Gasteiger partial charge is 0.306 e. The summed E-state index contributed by atoms with van der Waals surface area (Å²) in [5, 5.41) is 8.80. The van der Waals surface area contributed by atoms with Crippen LogP contribution in [0.25, 0.3) is 0 Å². The van der Waals surface area contributed by atoms with Crippen LogP contribution in [-0.2, 0) is 17.6 Å². The maximum atomic E-state index is 10.7. The number of hydrogen-bond acceptors (Lipinski definition) is 2. The average molecular weight is 238 g/mol. The molecule has 2 rings (SSSR count). The van der Waals surface area contributed by atoms with Crippen molar-refractivity contribution in [2.75, 3.05) is 0 Å². The van der Waals surface area contributed by atoms with Gasteiger partial charge in [0.25, 0.3) is 0 Å². The first kappa shape index (κ1) is 11.6. The molecule has 0 amide bonds. The Hall–Kier alpha value is -0.830. The molecule has 1 aliphatic rings. The van der Waals surface area contributed by atoms with E-state index >= 15 is 0 Å². The molecule has 88 valence electrons. The maximum absolute atomic E-state index is 10.7. The lowest BCUT2D eigenvalue weighted by Gasteiger charge is -1.96. The van der Waals surface area contributed by atoms with Crippen molar-refractivity contribution in [3.05, 3.63) is 21.9 Å². The summed E-state index contributed by atoms with van der Waals surface area (Å²) >= 11 is 1.89. The van der Waals surface area contributed by atoms with E-state index in [4.69, 9.17) is 5.11 Å². The monoisotopic (exact) mass is 238 g/mol. The van der Waals surface area contributed by atoms with Gasteiger partial charge >= 0.3 is 5.97 Å². The lowest BCUT2D eigenvalue weighted by atomic mass is 10.1. The largest absolute Gasteiger partial charge is 0.481 e. The van der Waals surface area contributed by atoms with Crippen LogP contribution in [0, 0.1) is 11.8 Å². The Labute approximate surface area is 100 Å². The van der Waals surface area contributed by atoms with Crippen molar-refractivity contribution in [3.8, 4) is 0 Å². The third-order valence-electron chi connectivity index (χ3n) is 3.22. The van der Waals surface area contributed by atoms with Crippen LogP contribution in [0.3, 0.4) is 0 Å². The summed E-state index contributed by atoms with van der Waals surface area (Å²) in [5.41, 5.74) is 0. The van der Waals surface area contributed by atoms with E-state index in [1.54, 1.807) is 0 Å². The van der Waals surface area contributed by atoms with Gasteiger partial charge in [0.05, 0.1) is 5.92 Å². The standard InChI is InChI=1S/C13H18O2S/c1-2-3-10-6-7-11(16-10)5-4-9-8-12(9)13(14)15/h6-7,9,12H,2-5,8H2,1H3,(H,14,15). The Morgan fingerprint density at radius 3 is 2.69 bits per heavy atom. The van der Waals surface area contributed by atoms with Crippen molar-refractivity contribution in [2.24, 2.45) is 11.8 Å². The van der Waals surface area contributed by atoms with Crippen LogP contribution in [0.15, 0.2) is 12.1 Å². The van der Waals surface area contributed by atoms with E-state index in [1.807, 2.05) is 11.3 Å². The number of aliphatic carboxylic acids is 1. The Morgan fingerprint density at radius 1 is 1.44 bits per heavy atom. The van der Waals surface area contributed by atoms with Crippen LogP contribution >= 0.6 is 11.3 Å². The minimum absolute atomic E-state index is 0.0462. The number of carbonyl (C=O) groups is 1. The summed E-state index contributed by atoms with van der Waals surface area (Å²) in [5.74, 6) is -0.216. The highest BCUT2D eigenvalue weighted by Gasteiger charge is 2.42. The summed E-state index contributed by atoms with van der Waals surface area (Å²) in [6, 6.07) is 4.42. The molecule has 2 unspecified atom stereocenters. The van der Waals surface area contributed by atoms with Crippen LogP contribution in [0.5, 0.6) is 0 Å². The van der Waals surface area contributed by atoms with Gasteiger partial charge in [0.1, 0.15) is 0 Å². The summed E-state index contributed by atoms with van der Waals surface area (Å²) in [4.78, 5) is 13.6.